The molecule has 13 heavy (non-hydrogen) atoms. The van der Waals surface area contributed by atoms with Crippen LogP contribution < -0.4 is 4.90 Å². The Labute approximate surface area is 77.2 Å². The lowest BCUT2D eigenvalue weighted by atomic mass is 10.1. The molecule has 0 saturated carbocycles. The number of hydrogen-bond acceptors (Lipinski definition) is 3. The SMILES string of the molecule is Cn1ccnc1N1CCCC(=O)C1. The van der Waals surface area contributed by atoms with Crippen molar-refractivity contribution in [3.63, 3.8) is 0 Å². The van der Waals surface area contributed by atoms with Gasteiger partial charge in [0, 0.05) is 32.4 Å². The van der Waals surface area contributed by atoms with Gasteiger partial charge < -0.3 is 9.47 Å². The van der Waals surface area contributed by atoms with Crippen LogP contribution in [0.4, 0.5) is 5.95 Å². The van der Waals surface area contributed by atoms with Crippen molar-refractivity contribution < 1.29 is 4.79 Å². The van der Waals surface area contributed by atoms with Crippen molar-refractivity contribution in [3.05, 3.63) is 12.4 Å². The molecule has 70 valence electrons. The zero-order valence-electron chi connectivity index (χ0n) is 7.73. The highest BCUT2D eigenvalue weighted by atomic mass is 16.1. The Morgan fingerprint density at radius 3 is 3.00 bits per heavy atom. The molecule has 1 saturated heterocycles. The van der Waals surface area contributed by atoms with Crippen molar-refractivity contribution >= 4 is 11.7 Å². The number of carbonyl (C=O) groups excluding carboxylic acids is 1. The number of carbonyl (C=O) groups is 1. The van der Waals surface area contributed by atoms with Gasteiger partial charge in [0.25, 0.3) is 0 Å². The summed E-state index contributed by atoms with van der Waals surface area (Å²) >= 11 is 0. The number of aryl methyl sites for hydroxylation is 1. The van der Waals surface area contributed by atoms with Gasteiger partial charge in [0.15, 0.2) is 5.78 Å². The van der Waals surface area contributed by atoms with E-state index >= 15 is 0 Å². The minimum atomic E-state index is 0.314. The van der Waals surface area contributed by atoms with Gasteiger partial charge in [-0.25, -0.2) is 4.98 Å². The summed E-state index contributed by atoms with van der Waals surface area (Å²) in [6, 6.07) is 0. The van der Waals surface area contributed by atoms with Gasteiger partial charge in [-0.2, -0.15) is 0 Å². The summed E-state index contributed by atoms with van der Waals surface area (Å²) in [7, 11) is 1.95. The lowest BCUT2D eigenvalue weighted by molar-refractivity contribution is -0.118. The molecule has 2 rings (SSSR count). The van der Waals surface area contributed by atoms with Crippen molar-refractivity contribution in [1.29, 1.82) is 0 Å². The van der Waals surface area contributed by atoms with E-state index in [2.05, 4.69) is 4.98 Å². The molecule has 1 fully saturated rings. The molecule has 0 aliphatic carbocycles. The maximum Gasteiger partial charge on any atom is 0.205 e. The quantitative estimate of drug-likeness (QED) is 0.633. The number of Topliss-reactive ketones (excluding diaryl/α,β-unsaturated/α-hetero) is 1. The highest BCUT2D eigenvalue weighted by Gasteiger charge is 2.19. The highest BCUT2D eigenvalue weighted by molar-refractivity contribution is 5.84. The predicted molar refractivity (Wildman–Crippen MR) is 49.7 cm³/mol. The van der Waals surface area contributed by atoms with Crippen LogP contribution in [0.2, 0.25) is 0 Å². The van der Waals surface area contributed by atoms with Crippen LogP contribution in [0.5, 0.6) is 0 Å². The van der Waals surface area contributed by atoms with Crippen LogP contribution in [0.3, 0.4) is 0 Å². The normalized spacial score (nSPS) is 17.9. The first-order valence-electron chi connectivity index (χ1n) is 4.51. The van der Waals surface area contributed by atoms with Crippen LogP contribution in [0.15, 0.2) is 12.4 Å². The molecular formula is C9H13N3O. The Morgan fingerprint density at radius 1 is 1.54 bits per heavy atom. The third kappa shape index (κ3) is 1.56. The van der Waals surface area contributed by atoms with Gasteiger partial charge in [-0.15, -0.1) is 0 Å². The maximum atomic E-state index is 11.2. The first-order valence-corrected chi connectivity index (χ1v) is 4.51. The first-order chi connectivity index (χ1) is 6.27. The molecule has 1 aliphatic heterocycles. The van der Waals surface area contributed by atoms with E-state index in [1.54, 1.807) is 6.20 Å². The number of anilines is 1. The van der Waals surface area contributed by atoms with Gasteiger partial charge in [0.1, 0.15) is 0 Å². The van der Waals surface area contributed by atoms with Gasteiger partial charge >= 0.3 is 0 Å². The van der Waals surface area contributed by atoms with Crippen molar-refractivity contribution in [3.8, 4) is 0 Å². The van der Waals surface area contributed by atoms with Crippen molar-refractivity contribution in [2.24, 2.45) is 7.05 Å². The second kappa shape index (κ2) is 3.20. The molecule has 1 aliphatic rings. The van der Waals surface area contributed by atoms with E-state index in [9.17, 15) is 4.79 Å². The number of rotatable bonds is 1. The average molecular weight is 179 g/mol. The molecule has 4 nitrogen and oxygen atoms in total. The van der Waals surface area contributed by atoms with Crippen LogP contribution in [-0.2, 0) is 11.8 Å². The van der Waals surface area contributed by atoms with Crippen LogP contribution in [0.25, 0.3) is 0 Å². The maximum absolute atomic E-state index is 11.2. The number of piperidine rings is 1. The smallest absolute Gasteiger partial charge is 0.205 e. The van der Waals surface area contributed by atoms with Crippen molar-refractivity contribution in [2.45, 2.75) is 12.8 Å². The first kappa shape index (κ1) is 8.29. The van der Waals surface area contributed by atoms with Gasteiger partial charge in [-0.1, -0.05) is 0 Å². The summed E-state index contributed by atoms with van der Waals surface area (Å²) < 4.78 is 1.94. The molecule has 0 atom stereocenters. The van der Waals surface area contributed by atoms with Gasteiger partial charge in [0.2, 0.25) is 5.95 Å². The summed E-state index contributed by atoms with van der Waals surface area (Å²) in [6.45, 7) is 1.46. The largest absolute Gasteiger partial charge is 0.335 e. The Morgan fingerprint density at radius 2 is 2.38 bits per heavy atom. The standard InChI is InChI=1S/C9H13N3O/c1-11-6-4-10-9(11)12-5-2-3-8(13)7-12/h4,6H,2-3,5,7H2,1H3. The van der Waals surface area contributed by atoms with Gasteiger partial charge in [-0.05, 0) is 6.42 Å². The Kier molecular flexibility index (Phi) is 2.04. The van der Waals surface area contributed by atoms with E-state index in [0.717, 1.165) is 25.3 Å². The topological polar surface area (TPSA) is 38.1 Å². The Hall–Kier alpha value is -1.32. The van der Waals surface area contributed by atoms with Gasteiger partial charge in [-0.3, -0.25) is 4.79 Å². The Bertz CT molecular complexity index is 318. The molecule has 0 bridgehead atoms. The highest BCUT2D eigenvalue weighted by Crippen LogP contribution is 2.14. The molecule has 0 aromatic carbocycles. The van der Waals surface area contributed by atoms with E-state index in [0.29, 0.717) is 12.3 Å². The average Bonchev–Trinajstić information content (AvgIpc) is 2.51. The number of imidazole rings is 1. The summed E-state index contributed by atoms with van der Waals surface area (Å²) in [6.07, 6.45) is 5.33. The van der Waals surface area contributed by atoms with Crippen LogP contribution in [0.1, 0.15) is 12.8 Å². The number of nitrogens with zero attached hydrogens (tertiary/aromatic N) is 3. The molecule has 0 amide bonds. The van der Waals surface area contributed by atoms with Crippen LogP contribution >= 0.6 is 0 Å². The monoisotopic (exact) mass is 179 g/mol. The molecule has 0 spiro atoms. The third-order valence-electron chi connectivity index (χ3n) is 2.33. The molecule has 0 N–H and O–H groups in total. The molecule has 1 aromatic heterocycles. The fourth-order valence-electron chi connectivity index (χ4n) is 1.67. The van der Waals surface area contributed by atoms with E-state index in [1.165, 1.54) is 0 Å². The summed E-state index contributed by atoms with van der Waals surface area (Å²) in [5, 5.41) is 0. The van der Waals surface area contributed by atoms with E-state index in [-0.39, 0.29) is 0 Å². The van der Waals surface area contributed by atoms with Crippen molar-refractivity contribution in [2.75, 3.05) is 18.0 Å². The number of aromatic nitrogens is 2. The lowest BCUT2D eigenvalue weighted by Gasteiger charge is -2.26. The second-order valence-electron chi connectivity index (χ2n) is 3.40. The van der Waals surface area contributed by atoms with Crippen molar-refractivity contribution in [1.82, 2.24) is 9.55 Å². The summed E-state index contributed by atoms with van der Waals surface area (Å²) in [5.41, 5.74) is 0. The number of hydrogen-bond donors (Lipinski definition) is 0. The summed E-state index contributed by atoms with van der Waals surface area (Å²) in [5.74, 6) is 1.21. The minimum Gasteiger partial charge on any atom is -0.335 e. The fourth-order valence-corrected chi connectivity index (χ4v) is 1.67. The molecule has 2 heterocycles. The second-order valence-corrected chi connectivity index (χ2v) is 3.40. The minimum absolute atomic E-state index is 0.314. The van der Waals surface area contributed by atoms with E-state index in [4.69, 9.17) is 0 Å². The molecule has 4 heteroatoms. The van der Waals surface area contributed by atoms with Gasteiger partial charge in [0.05, 0.1) is 6.54 Å². The molecule has 0 radical (unpaired) electrons. The lowest BCUT2D eigenvalue weighted by Crippen LogP contribution is -2.37. The number of ketones is 1. The fraction of sp³-hybridized carbons (Fsp3) is 0.556. The zero-order valence-corrected chi connectivity index (χ0v) is 7.73. The molecule has 1 aromatic rings. The van der Waals surface area contributed by atoms with Crippen LogP contribution in [0, 0.1) is 0 Å². The van der Waals surface area contributed by atoms with Crippen LogP contribution in [-0.4, -0.2) is 28.4 Å². The molecular weight excluding hydrogens is 166 g/mol. The molecule has 0 unspecified atom stereocenters. The van der Waals surface area contributed by atoms with E-state index in [1.807, 2.05) is 22.7 Å². The Balaban J connectivity index is 2.17. The zero-order chi connectivity index (χ0) is 9.26. The van der Waals surface area contributed by atoms with E-state index < -0.39 is 0 Å². The summed E-state index contributed by atoms with van der Waals surface area (Å²) in [4.78, 5) is 17.4. The third-order valence-corrected chi connectivity index (χ3v) is 2.33. The predicted octanol–water partition coefficient (Wildman–Crippen LogP) is 0.589.